The van der Waals surface area contributed by atoms with Gasteiger partial charge in [0.25, 0.3) is 0 Å². The first-order valence-corrected chi connectivity index (χ1v) is 9.01. The number of ether oxygens (including phenoxy) is 3. The molecule has 1 fully saturated rings. The van der Waals surface area contributed by atoms with Crippen LogP contribution in [0.25, 0.3) is 22.3 Å². The summed E-state index contributed by atoms with van der Waals surface area (Å²) in [5.74, 6) is 1.65. The number of aromatic nitrogens is 3. The number of hydrogen-bond acceptors (Lipinski definition) is 6. The highest BCUT2D eigenvalue weighted by molar-refractivity contribution is 6.05. The maximum absolute atomic E-state index is 12.2. The van der Waals surface area contributed by atoms with Crippen molar-refractivity contribution in [3.8, 4) is 22.8 Å². The van der Waals surface area contributed by atoms with Gasteiger partial charge in [-0.15, -0.1) is 0 Å². The number of carbonyl (C=O) groups is 1. The van der Waals surface area contributed by atoms with E-state index in [-0.39, 0.29) is 0 Å². The Bertz CT molecular complexity index is 979. The second kappa shape index (κ2) is 7.26. The fourth-order valence-corrected chi connectivity index (χ4v) is 2.95. The molecule has 0 saturated heterocycles. The van der Waals surface area contributed by atoms with Gasteiger partial charge < -0.3 is 19.2 Å². The highest BCUT2D eigenvalue weighted by atomic mass is 16.5. The van der Waals surface area contributed by atoms with E-state index in [9.17, 15) is 4.79 Å². The number of rotatable bonds is 7. The largest absolute Gasteiger partial charge is 0.497 e. The van der Waals surface area contributed by atoms with Crippen LogP contribution in [0.4, 0.5) is 0 Å². The first-order chi connectivity index (χ1) is 13.2. The Morgan fingerprint density at radius 3 is 2.89 bits per heavy atom. The normalized spacial score (nSPS) is 13.6. The Balaban J connectivity index is 1.80. The molecule has 1 aliphatic carbocycles. The number of carbonyl (C=O) groups excluding carboxylic acids is 1. The number of aromatic amines is 1. The van der Waals surface area contributed by atoms with E-state index in [1.807, 2.05) is 18.2 Å². The van der Waals surface area contributed by atoms with Gasteiger partial charge in [0.2, 0.25) is 0 Å². The average Bonchev–Trinajstić information content (AvgIpc) is 3.42. The lowest BCUT2D eigenvalue weighted by molar-refractivity contribution is 0.0528. The first kappa shape index (κ1) is 17.3. The number of nitrogens with one attached hydrogen (secondary N) is 1. The Morgan fingerprint density at radius 1 is 1.30 bits per heavy atom. The number of benzene rings is 1. The molecule has 2 aromatic heterocycles. The van der Waals surface area contributed by atoms with Crippen molar-refractivity contribution in [2.45, 2.75) is 19.8 Å². The monoisotopic (exact) mass is 367 g/mol. The van der Waals surface area contributed by atoms with Gasteiger partial charge >= 0.3 is 5.97 Å². The van der Waals surface area contributed by atoms with E-state index < -0.39 is 5.97 Å². The molecular weight excluding hydrogens is 346 g/mol. The van der Waals surface area contributed by atoms with Crippen LogP contribution in [-0.2, 0) is 4.74 Å². The van der Waals surface area contributed by atoms with Gasteiger partial charge in [0.05, 0.1) is 25.8 Å². The van der Waals surface area contributed by atoms with Gasteiger partial charge in [-0.25, -0.2) is 14.8 Å². The molecule has 3 aromatic rings. The number of H-pyrrole nitrogens is 1. The number of methoxy groups -OCH3 is 1. The molecule has 4 rings (SSSR count). The number of hydrogen-bond donors (Lipinski definition) is 1. The molecule has 7 nitrogen and oxygen atoms in total. The third-order valence-corrected chi connectivity index (χ3v) is 4.57. The zero-order valence-electron chi connectivity index (χ0n) is 15.3. The lowest BCUT2D eigenvalue weighted by Crippen LogP contribution is -2.04. The molecule has 0 bridgehead atoms. The maximum atomic E-state index is 12.2. The molecule has 0 atom stereocenters. The molecule has 1 N–H and O–H groups in total. The van der Waals surface area contributed by atoms with E-state index in [2.05, 4.69) is 15.0 Å². The van der Waals surface area contributed by atoms with Gasteiger partial charge in [-0.1, -0.05) is 0 Å². The third-order valence-electron chi connectivity index (χ3n) is 4.57. The molecule has 0 radical (unpaired) electrons. The van der Waals surface area contributed by atoms with Crippen LogP contribution < -0.4 is 9.47 Å². The fourth-order valence-electron chi connectivity index (χ4n) is 2.95. The summed E-state index contributed by atoms with van der Waals surface area (Å²) in [7, 11) is 1.62. The standard InChI is InChI=1S/C20H21N3O4/c1-3-26-20(24)15-9-21-19-17(22-11-23-18(15)19)14-8-13(25-2)6-7-16(14)27-10-12-4-5-12/h6-9,11-12,21H,3-5,10H2,1-2H3. The van der Waals surface area contributed by atoms with Crippen LogP contribution >= 0.6 is 0 Å². The summed E-state index contributed by atoms with van der Waals surface area (Å²) in [6.45, 7) is 2.76. The van der Waals surface area contributed by atoms with Crippen LogP contribution in [0.5, 0.6) is 11.5 Å². The Kier molecular flexibility index (Phi) is 4.66. The lowest BCUT2D eigenvalue weighted by atomic mass is 10.1. The first-order valence-electron chi connectivity index (χ1n) is 9.01. The van der Waals surface area contributed by atoms with Crippen molar-refractivity contribution >= 4 is 17.0 Å². The van der Waals surface area contributed by atoms with Crippen LogP contribution in [0.2, 0.25) is 0 Å². The molecule has 0 aliphatic heterocycles. The number of nitrogens with zero attached hydrogens (tertiary/aromatic N) is 2. The zero-order valence-corrected chi connectivity index (χ0v) is 15.3. The topological polar surface area (TPSA) is 86.3 Å². The maximum Gasteiger partial charge on any atom is 0.341 e. The summed E-state index contributed by atoms with van der Waals surface area (Å²) in [4.78, 5) is 24.0. The highest BCUT2D eigenvalue weighted by Crippen LogP contribution is 2.37. The van der Waals surface area contributed by atoms with E-state index in [4.69, 9.17) is 14.2 Å². The van der Waals surface area contributed by atoms with Gasteiger partial charge in [0.1, 0.15) is 34.6 Å². The Morgan fingerprint density at radius 2 is 2.15 bits per heavy atom. The smallest absolute Gasteiger partial charge is 0.341 e. The molecule has 0 spiro atoms. The predicted octanol–water partition coefficient (Wildman–Crippen LogP) is 3.60. The molecule has 2 heterocycles. The summed E-state index contributed by atoms with van der Waals surface area (Å²) in [5, 5.41) is 0. The van der Waals surface area contributed by atoms with Crippen molar-refractivity contribution in [3.05, 3.63) is 36.3 Å². The van der Waals surface area contributed by atoms with Crippen LogP contribution in [0.3, 0.4) is 0 Å². The van der Waals surface area contributed by atoms with Crippen LogP contribution in [0.15, 0.2) is 30.7 Å². The molecule has 140 valence electrons. The Labute approximate surface area is 156 Å². The lowest BCUT2D eigenvalue weighted by Gasteiger charge is -2.13. The van der Waals surface area contributed by atoms with Crippen molar-refractivity contribution in [1.29, 1.82) is 0 Å². The average molecular weight is 367 g/mol. The molecule has 0 unspecified atom stereocenters. The van der Waals surface area contributed by atoms with Crippen molar-refractivity contribution in [1.82, 2.24) is 15.0 Å². The van der Waals surface area contributed by atoms with Crippen molar-refractivity contribution < 1.29 is 19.0 Å². The summed E-state index contributed by atoms with van der Waals surface area (Å²) in [6, 6.07) is 5.64. The number of esters is 1. The van der Waals surface area contributed by atoms with E-state index in [1.54, 1.807) is 20.2 Å². The highest BCUT2D eigenvalue weighted by Gasteiger charge is 2.24. The van der Waals surface area contributed by atoms with Gasteiger partial charge in [-0.2, -0.15) is 0 Å². The minimum atomic E-state index is -0.413. The van der Waals surface area contributed by atoms with Gasteiger partial charge in [-0.3, -0.25) is 0 Å². The summed E-state index contributed by atoms with van der Waals surface area (Å²) in [5.41, 5.74) is 3.01. The van der Waals surface area contributed by atoms with Gasteiger partial charge in [0.15, 0.2) is 0 Å². The predicted molar refractivity (Wildman–Crippen MR) is 100 cm³/mol. The summed E-state index contributed by atoms with van der Waals surface area (Å²) in [6.07, 6.45) is 5.47. The quantitative estimate of drug-likeness (QED) is 0.642. The fraction of sp³-hybridized carbons (Fsp3) is 0.350. The molecule has 27 heavy (non-hydrogen) atoms. The minimum absolute atomic E-state index is 0.304. The summed E-state index contributed by atoms with van der Waals surface area (Å²) >= 11 is 0. The van der Waals surface area contributed by atoms with Crippen LogP contribution in [0, 0.1) is 5.92 Å². The van der Waals surface area contributed by atoms with Gasteiger partial charge in [-0.05, 0) is 43.9 Å². The second-order valence-electron chi connectivity index (χ2n) is 6.49. The number of fused-ring (bicyclic) bond motifs is 1. The van der Waals surface area contributed by atoms with E-state index in [0.29, 0.717) is 47.2 Å². The van der Waals surface area contributed by atoms with Crippen molar-refractivity contribution in [3.63, 3.8) is 0 Å². The minimum Gasteiger partial charge on any atom is -0.497 e. The SMILES string of the molecule is CCOC(=O)c1c[nH]c2c(-c3cc(OC)ccc3OCC3CC3)ncnc12. The zero-order chi connectivity index (χ0) is 18.8. The second-order valence-corrected chi connectivity index (χ2v) is 6.49. The molecule has 1 saturated carbocycles. The van der Waals surface area contributed by atoms with E-state index in [1.165, 1.54) is 19.2 Å². The molecule has 7 heteroatoms. The summed E-state index contributed by atoms with van der Waals surface area (Å²) < 4.78 is 16.5. The van der Waals surface area contributed by atoms with E-state index >= 15 is 0 Å². The van der Waals surface area contributed by atoms with Crippen LogP contribution in [-0.4, -0.2) is 41.2 Å². The Hall–Kier alpha value is -3.09. The molecule has 0 amide bonds. The molecule has 1 aliphatic rings. The van der Waals surface area contributed by atoms with Crippen molar-refractivity contribution in [2.75, 3.05) is 20.3 Å². The van der Waals surface area contributed by atoms with Gasteiger partial charge in [0, 0.05) is 11.8 Å². The van der Waals surface area contributed by atoms with Crippen LogP contribution in [0.1, 0.15) is 30.1 Å². The molecule has 1 aromatic carbocycles. The van der Waals surface area contributed by atoms with Crippen molar-refractivity contribution in [2.24, 2.45) is 5.92 Å². The van der Waals surface area contributed by atoms with E-state index in [0.717, 1.165) is 11.3 Å². The molecular formula is C20H21N3O4. The third kappa shape index (κ3) is 3.45.